The Morgan fingerprint density at radius 2 is 2.21 bits per heavy atom. The lowest BCUT2D eigenvalue weighted by molar-refractivity contribution is 0.338. The van der Waals surface area contributed by atoms with E-state index in [1.165, 1.54) is 24.8 Å². The van der Waals surface area contributed by atoms with Crippen LogP contribution in [0.15, 0.2) is 22.7 Å². The molecule has 1 aromatic carbocycles. The van der Waals surface area contributed by atoms with E-state index >= 15 is 0 Å². The van der Waals surface area contributed by atoms with Gasteiger partial charge in [-0.3, -0.25) is 0 Å². The second kappa shape index (κ2) is 4.65. The van der Waals surface area contributed by atoms with Crippen LogP contribution in [0.1, 0.15) is 24.8 Å². The van der Waals surface area contributed by atoms with Gasteiger partial charge in [-0.15, -0.1) is 0 Å². The van der Waals surface area contributed by atoms with E-state index in [1.54, 1.807) is 0 Å². The van der Waals surface area contributed by atoms with Crippen LogP contribution < -0.4 is 5.32 Å². The van der Waals surface area contributed by atoms with Crippen LogP contribution >= 0.6 is 27.5 Å². The molecule has 1 aromatic rings. The van der Waals surface area contributed by atoms with Crippen LogP contribution in [0.25, 0.3) is 0 Å². The van der Waals surface area contributed by atoms with Crippen LogP contribution in [-0.4, -0.2) is 6.04 Å². The molecule has 0 unspecified atom stereocenters. The second-order valence-electron chi connectivity index (χ2n) is 3.72. The first-order chi connectivity index (χ1) is 6.77. The maximum atomic E-state index is 6.15. The molecule has 0 saturated heterocycles. The molecule has 1 aliphatic rings. The van der Waals surface area contributed by atoms with Gasteiger partial charge in [-0.1, -0.05) is 30.2 Å². The van der Waals surface area contributed by atoms with Crippen LogP contribution in [0, 0.1) is 0 Å². The summed E-state index contributed by atoms with van der Waals surface area (Å²) >= 11 is 9.58. The molecule has 0 aromatic heterocycles. The quantitative estimate of drug-likeness (QED) is 0.885. The van der Waals surface area contributed by atoms with Crippen molar-refractivity contribution in [1.29, 1.82) is 0 Å². The topological polar surface area (TPSA) is 12.0 Å². The van der Waals surface area contributed by atoms with E-state index in [0.717, 1.165) is 16.0 Å². The Labute approximate surface area is 98.0 Å². The molecular weight excluding hydrogens is 261 g/mol. The first-order valence-corrected chi connectivity index (χ1v) is 6.11. The summed E-state index contributed by atoms with van der Waals surface area (Å²) in [5.74, 6) is 0. The SMILES string of the molecule is Clc1c(Br)cccc1CNC1CCC1. The fourth-order valence-corrected chi connectivity index (χ4v) is 2.15. The molecule has 3 heteroatoms. The van der Waals surface area contributed by atoms with Gasteiger partial charge in [-0.25, -0.2) is 0 Å². The molecule has 14 heavy (non-hydrogen) atoms. The zero-order valence-electron chi connectivity index (χ0n) is 7.89. The first kappa shape index (κ1) is 10.5. The van der Waals surface area contributed by atoms with Gasteiger partial charge in [0.15, 0.2) is 0 Å². The summed E-state index contributed by atoms with van der Waals surface area (Å²) in [6.07, 6.45) is 3.99. The van der Waals surface area contributed by atoms with Crippen molar-refractivity contribution in [3.05, 3.63) is 33.3 Å². The predicted molar refractivity (Wildman–Crippen MR) is 63.6 cm³/mol. The van der Waals surface area contributed by atoms with Gasteiger partial charge >= 0.3 is 0 Å². The minimum atomic E-state index is 0.713. The van der Waals surface area contributed by atoms with Gasteiger partial charge in [0, 0.05) is 17.1 Å². The van der Waals surface area contributed by atoms with Crippen molar-refractivity contribution in [1.82, 2.24) is 5.32 Å². The maximum Gasteiger partial charge on any atom is 0.0592 e. The number of benzene rings is 1. The van der Waals surface area contributed by atoms with Gasteiger partial charge in [0.1, 0.15) is 0 Å². The molecule has 0 bridgehead atoms. The Hall–Kier alpha value is -0.0500. The lowest BCUT2D eigenvalue weighted by Crippen LogP contribution is -2.34. The fraction of sp³-hybridized carbons (Fsp3) is 0.455. The van der Waals surface area contributed by atoms with Gasteiger partial charge in [-0.05, 0) is 40.4 Å². The standard InChI is InChI=1S/C11H13BrClN/c12-10-6-1-3-8(11(10)13)7-14-9-4-2-5-9/h1,3,6,9,14H,2,4-5,7H2. The number of halogens is 2. The minimum absolute atomic E-state index is 0.713. The molecule has 0 heterocycles. The zero-order valence-corrected chi connectivity index (χ0v) is 10.2. The molecule has 76 valence electrons. The average molecular weight is 275 g/mol. The smallest absolute Gasteiger partial charge is 0.0592 e. The van der Waals surface area contributed by atoms with E-state index in [0.29, 0.717) is 6.04 Å². The largest absolute Gasteiger partial charge is 0.310 e. The molecular formula is C11H13BrClN. The highest BCUT2D eigenvalue weighted by molar-refractivity contribution is 9.10. The molecule has 1 aliphatic carbocycles. The predicted octanol–water partition coefficient (Wildman–Crippen LogP) is 3.74. The van der Waals surface area contributed by atoms with Crippen molar-refractivity contribution in [2.24, 2.45) is 0 Å². The molecule has 1 saturated carbocycles. The van der Waals surface area contributed by atoms with Crippen LogP contribution in [-0.2, 0) is 6.54 Å². The summed E-state index contributed by atoms with van der Waals surface area (Å²) in [7, 11) is 0. The first-order valence-electron chi connectivity index (χ1n) is 4.93. The van der Waals surface area contributed by atoms with E-state index < -0.39 is 0 Å². The van der Waals surface area contributed by atoms with Crippen molar-refractivity contribution in [2.75, 3.05) is 0 Å². The highest BCUT2D eigenvalue weighted by atomic mass is 79.9. The third-order valence-corrected chi connectivity index (χ3v) is 4.05. The maximum absolute atomic E-state index is 6.15. The van der Waals surface area contributed by atoms with Gasteiger partial charge in [0.25, 0.3) is 0 Å². The summed E-state index contributed by atoms with van der Waals surface area (Å²) < 4.78 is 0.979. The van der Waals surface area contributed by atoms with Crippen molar-refractivity contribution < 1.29 is 0 Å². The Morgan fingerprint density at radius 1 is 1.43 bits per heavy atom. The lowest BCUT2D eigenvalue weighted by Gasteiger charge is -2.26. The van der Waals surface area contributed by atoms with E-state index in [2.05, 4.69) is 27.3 Å². The monoisotopic (exact) mass is 273 g/mol. The summed E-state index contributed by atoms with van der Waals surface area (Å²) in [6.45, 7) is 0.878. The Bertz CT molecular complexity index is 323. The zero-order chi connectivity index (χ0) is 9.97. The van der Waals surface area contributed by atoms with Gasteiger partial charge in [0.05, 0.1) is 5.02 Å². The second-order valence-corrected chi connectivity index (χ2v) is 4.95. The molecule has 0 radical (unpaired) electrons. The summed E-state index contributed by atoms with van der Waals surface area (Å²) in [6, 6.07) is 6.77. The van der Waals surface area contributed by atoms with E-state index in [9.17, 15) is 0 Å². The molecule has 0 spiro atoms. The van der Waals surface area contributed by atoms with Crippen LogP contribution in [0.3, 0.4) is 0 Å². The van der Waals surface area contributed by atoms with E-state index in [-0.39, 0.29) is 0 Å². The third kappa shape index (κ3) is 2.30. The van der Waals surface area contributed by atoms with Crippen molar-refractivity contribution in [3.63, 3.8) is 0 Å². The van der Waals surface area contributed by atoms with Gasteiger partial charge in [0.2, 0.25) is 0 Å². The molecule has 1 nitrogen and oxygen atoms in total. The van der Waals surface area contributed by atoms with Crippen LogP contribution in [0.2, 0.25) is 5.02 Å². The van der Waals surface area contributed by atoms with Gasteiger partial charge < -0.3 is 5.32 Å². The molecule has 1 N–H and O–H groups in total. The Kier molecular flexibility index (Phi) is 3.47. The molecule has 2 rings (SSSR count). The minimum Gasteiger partial charge on any atom is -0.310 e. The number of hydrogen-bond donors (Lipinski definition) is 1. The van der Waals surface area contributed by atoms with Crippen molar-refractivity contribution >= 4 is 27.5 Å². The summed E-state index contributed by atoms with van der Waals surface area (Å²) in [5, 5.41) is 4.33. The highest BCUT2D eigenvalue weighted by Gasteiger charge is 2.16. The Balaban J connectivity index is 1.97. The number of nitrogens with one attached hydrogen (secondary N) is 1. The van der Waals surface area contributed by atoms with Crippen LogP contribution in [0.4, 0.5) is 0 Å². The van der Waals surface area contributed by atoms with E-state index in [1.807, 2.05) is 12.1 Å². The van der Waals surface area contributed by atoms with Gasteiger partial charge in [-0.2, -0.15) is 0 Å². The lowest BCUT2D eigenvalue weighted by atomic mass is 9.93. The highest BCUT2D eigenvalue weighted by Crippen LogP contribution is 2.26. The molecule has 0 aliphatic heterocycles. The number of rotatable bonds is 3. The molecule has 0 amide bonds. The van der Waals surface area contributed by atoms with Crippen molar-refractivity contribution in [3.8, 4) is 0 Å². The summed E-state index contributed by atoms with van der Waals surface area (Å²) in [4.78, 5) is 0. The van der Waals surface area contributed by atoms with Crippen LogP contribution in [0.5, 0.6) is 0 Å². The normalized spacial score (nSPS) is 16.7. The summed E-state index contributed by atoms with van der Waals surface area (Å²) in [5.41, 5.74) is 1.17. The van der Waals surface area contributed by atoms with E-state index in [4.69, 9.17) is 11.6 Å². The number of hydrogen-bond acceptors (Lipinski definition) is 1. The average Bonchev–Trinajstić information content (AvgIpc) is 2.09. The Morgan fingerprint density at radius 3 is 2.86 bits per heavy atom. The molecule has 0 atom stereocenters. The van der Waals surface area contributed by atoms with Crippen molar-refractivity contribution in [2.45, 2.75) is 31.8 Å². The third-order valence-electron chi connectivity index (χ3n) is 2.72. The fourth-order valence-electron chi connectivity index (χ4n) is 1.55. The molecule has 1 fully saturated rings.